The number of nitrogens with zero attached hydrogens (tertiary/aromatic N) is 4. The molecule has 3 aromatic rings. The molecular weight excluding hydrogens is 382 g/mol. The predicted molar refractivity (Wildman–Crippen MR) is 112 cm³/mol. The van der Waals surface area contributed by atoms with Crippen LogP contribution in [0.5, 0.6) is 0 Å². The number of fused-ring (bicyclic) bond motifs is 1. The largest absolute Gasteiger partial charge is 0.468 e. The van der Waals surface area contributed by atoms with Crippen LogP contribution in [0.1, 0.15) is 59.6 Å². The molecule has 0 bridgehead atoms. The lowest BCUT2D eigenvalue weighted by Gasteiger charge is -2.22. The van der Waals surface area contributed by atoms with Crippen molar-refractivity contribution in [2.24, 2.45) is 0 Å². The SMILES string of the molecule is COC(=O)Cn1cnc2c(C)nc(NC(=O)c3ccc(C4CCCCC4)cc3)nc21. The Morgan fingerprint density at radius 2 is 1.87 bits per heavy atom. The second kappa shape index (κ2) is 8.61. The molecule has 0 spiro atoms. The van der Waals surface area contributed by atoms with E-state index in [0.717, 1.165) is 0 Å². The average Bonchev–Trinajstić information content (AvgIpc) is 3.17. The van der Waals surface area contributed by atoms with E-state index in [9.17, 15) is 9.59 Å². The van der Waals surface area contributed by atoms with Crippen molar-refractivity contribution in [1.29, 1.82) is 0 Å². The Balaban J connectivity index is 1.52. The minimum absolute atomic E-state index is 0.0144. The zero-order valence-corrected chi connectivity index (χ0v) is 17.2. The van der Waals surface area contributed by atoms with Crippen LogP contribution in [-0.4, -0.2) is 38.5 Å². The zero-order valence-electron chi connectivity index (χ0n) is 17.2. The lowest BCUT2D eigenvalue weighted by Crippen LogP contribution is -2.16. The van der Waals surface area contributed by atoms with Gasteiger partial charge in [0.15, 0.2) is 5.65 Å². The Morgan fingerprint density at radius 1 is 1.13 bits per heavy atom. The minimum atomic E-state index is -0.408. The van der Waals surface area contributed by atoms with Crippen molar-refractivity contribution in [3.8, 4) is 0 Å². The van der Waals surface area contributed by atoms with Crippen molar-refractivity contribution < 1.29 is 14.3 Å². The van der Waals surface area contributed by atoms with Crippen molar-refractivity contribution in [3.63, 3.8) is 0 Å². The topological polar surface area (TPSA) is 99.0 Å². The molecule has 2 heterocycles. The third-order valence-electron chi connectivity index (χ3n) is 5.64. The van der Waals surface area contributed by atoms with Crippen LogP contribution in [0, 0.1) is 6.92 Å². The molecule has 0 aliphatic heterocycles. The molecule has 4 rings (SSSR count). The first-order valence-corrected chi connectivity index (χ1v) is 10.2. The summed E-state index contributed by atoms with van der Waals surface area (Å²) in [5, 5.41) is 2.76. The molecule has 1 aliphatic rings. The summed E-state index contributed by atoms with van der Waals surface area (Å²) in [6, 6.07) is 7.80. The molecule has 1 aromatic carbocycles. The van der Waals surface area contributed by atoms with Gasteiger partial charge in [0.2, 0.25) is 5.95 Å². The van der Waals surface area contributed by atoms with Gasteiger partial charge in [0.05, 0.1) is 19.1 Å². The first-order valence-electron chi connectivity index (χ1n) is 10.2. The van der Waals surface area contributed by atoms with Crippen LogP contribution >= 0.6 is 0 Å². The van der Waals surface area contributed by atoms with E-state index in [1.165, 1.54) is 51.1 Å². The first-order chi connectivity index (χ1) is 14.5. The third kappa shape index (κ3) is 4.17. The van der Waals surface area contributed by atoms with Gasteiger partial charge in [-0.25, -0.2) is 9.97 Å². The van der Waals surface area contributed by atoms with Crippen LogP contribution in [0.3, 0.4) is 0 Å². The number of amides is 1. The number of ether oxygens (including phenoxy) is 1. The molecule has 8 nitrogen and oxygen atoms in total. The van der Waals surface area contributed by atoms with Crippen LogP contribution in [0.2, 0.25) is 0 Å². The van der Waals surface area contributed by atoms with Crippen molar-refractivity contribution >= 4 is 29.0 Å². The summed E-state index contributed by atoms with van der Waals surface area (Å²) in [5.74, 6) is 0.0875. The molecule has 1 aliphatic carbocycles. The summed E-state index contributed by atoms with van der Waals surface area (Å²) in [6.07, 6.45) is 7.82. The molecular formula is C22H25N5O3. The highest BCUT2D eigenvalue weighted by molar-refractivity contribution is 6.03. The number of nitrogens with one attached hydrogen (secondary N) is 1. The van der Waals surface area contributed by atoms with Gasteiger partial charge in [-0.15, -0.1) is 0 Å². The minimum Gasteiger partial charge on any atom is -0.468 e. The number of carbonyl (C=O) groups excluding carboxylic acids is 2. The van der Waals surface area contributed by atoms with Gasteiger partial charge in [0.1, 0.15) is 12.1 Å². The fourth-order valence-electron chi connectivity index (χ4n) is 3.98. The number of aryl methyl sites for hydroxylation is 1. The maximum atomic E-state index is 12.7. The Labute approximate surface area is 174 Å². The fourth-order valence-corrected chi connectivity index (χ4v) is 3.98. The van der Waals surface area contributed by atoms with Gasteiger partial charge in [-0.05, 0) is 43.4 Å². The molecule has 30 heavy (non-hydrogen) atoms. The van der Waals surface area contributed by atoms with E-state index in [2.05, 4.69) is 20.3 Å². The molecule has 0 atom stereocenters. The van der Waals surface area contributed by atoms with E-state index in [1.54, 1.807) is 11.5 Å². The van der Waals surface area contributed by atoms with Gasteiger partial charge in [0.25, 0.3) is 5.91 Å². The van der Waals surface area contributed by atoms with Gasteiger partial charge < -0.3 is 9.30 Å². The van der Waals surface area contributed by atoms with E-state index < -0.39 is 5.97 Å². The van der Waals surface area contributed by atoms with Gasteiger partial charge in [0, 0.05) is 5.56 Å². The maximum Gasteiger partial charge on any atom is 0.325 e. The Bertz CT molecular complexity index is 1070. The monoisotopic (exact) mass is 407 g/mol. The Hall–Kier alpha value is -3.29. The van der Waals surface area contributed by atoms with Crippen LogP contribution in [0.15, 0.2) is 30.6 Å². The normalized spacial score (nSPS) is 14.6. The van der Waals surface area contributed by atoms with Crippen molar-refractivity contribution in [3.05, 3.63) is 47.4 Å². The summed E-state index contributed by atoms with van der Waals surface area (Å²) < 4.78 is 6.28. The van der Waals surface area contributed by atoms with E-state index in [1.807, 2.05) is 24.3 Å². The van der Waals surface area contributed by atoms with Crippen LogP contribution < -0.4 is 5.32 Å². The summed E-state index contributed by atoms with van der Waals surface area (Å²) in [6.45, 7) is 1.77. The van der Waals surface area contributed by atoms with Crippen molar-refractivity contribution in [2.45, 2.75) is 51.5 Å². The second-order valence-electron chi connectivity index (χ2n) is 7.66. The quantitative estimate of drug-likeness (QED) is 0.649. The summed E-state index contributed by atoms with van der Waals surface area (Å²) in [7, 11) is 1.33. The smallest absolute Gasteiger partial charge is 0.325 e. The molecule has 0 unspecified atom stereocenters. The molecule has 8 heteroatoms. The van der Waals surface area contributed by atoms with E-state index in [0.29, 0.717) is 28.3 Å². The Morgan fingerprint density at radius 3 is 2.57 bits per heavy atom. The number of carbonyl (C=O) groups is 2. The molecule has 1 fully saturated rings. The number of esters is 1. The number of anilines is 1. The number of imidazole rings is 1. The third-order valence-corrected chi connectivity index (χ3v) is 5.64. The average molecular weight is 407 g/mol. The molecule has 1 saturated carbocycles. The highest BCUT2D eigenvalue weighted by Crippen LogP contribution is 2.32. The van der Waals surface area contributed by atoms with E-state index in [-0.39, 0.29) is 18.4 Å². The lowest BCUT2D eigenvalue weighted by molar-refractivity contribution is -0.141. The highest BCUT2D eigenvalue weighted by atomic mass is 16.5. The Kier molecular flexibility index (Phi) is 5.74. The maximum absolute atomic E-state index is 12.7. The highest BCUT2D eigenvalue weighted by Gasteiger charge is 2.17. The van der Waals surface area contributed by atoms with Crippen LogP contribution in [0.4, 0.5) is 5.95 Å². The zero-order chi connectivity index (χ0) is 21.1. The summed E-state index contributed by atoms with van der Waals surface area (Å²) >= 11 is 0. The predicted octanol–water partition coefficient (Wildman–Crippen LogP) is 3.61. The second-order valence-corrected chi connectivity index (χ2v) is 7.66. The van der Waals surface area contributed by atoms with Crippen molar-refractivity contribution in [2.75, 3.05) is 12.4 Å². The molecule has 2 aromatic heterocycles. The molecule has 1 N–H and O–H groups in total. The van der Waals surface area contributed by atoms with E-state index in [4.69, 9.17) is 4.74 Å². The van der Waals surface area contributed by atoms with Crippen LogP contribution in [0.25, 0.3) is 11.2 Å². The van der Waals surface area contributed by atoms with Gasteiger partial charge in [-0.2, -0.15) is 4.98 Å². The molecule has 0 radical (unpaired) electrons. The van der Waals surface area contributed by atoms with E-state index >= 15 is 0 Å². The number of rotatable bonds is 5. The van der Waals surface area contributed by atoms with Crippen LogP contribution in [-0.2, 0) is 16.1 Å². The van der Waals surface area contributed by atoms with Gasteiger partial charge in [-0.3, -0.25) is 14.9 Å². The number of methoxy groups -OCH3 is 1. The summed E-state index contributed by atoms with van der Waals surface area (Å²) in [4.78, 5) is 37.3. The lowest BCUT2D eigenvalue weighted by atomic mass is 9.84. The summed E-state index contributed by atoms with van der Waals surface area (Å²) in [5.41, 5.74) is 3.52. The molecule has 1 amide bonds. The number of aromatic nitrogens is 4. The van der Waals surface area contributed by atoms with Gasteiger partial charge in [-0.1, -0.05) is 31.4 Å². The molecule has 0 saturated heterocycles. The van der Waals surface area contributed by atoms with Crippen molar-refractivity contribution in [1.82, 2.24) is 19.5 Å². The number of benzene rings is 1. The first kappa shape index (κ1) is 20.0. The standard InChI is InChI=1S/C22H25N5O3/c1-14-19-20(27(13-23-19)12-18(28)30-2)25-22(24-14)26-21(29)17-10-8-16(9-11-17)15-6-4-3-5-7-15/h8-11,13,15H,3-7,12H2,1-2H3,(H,24,25,26,29). The molecule has 156 valence electrons. The van der Waals surface area contributed by atoms with Gasteiger partial charge >= 0.3 is 5.97 Å². The fraction of sp³-hybridized carbons (Fsp3) is 0.409. The number of hydrogen-bond donors (Lipinski definition) is 1. The number of hydrogen-bond acceptors (Lipinski definition) is 6.